The van der Waals surface area contributed by atoms with Crippen LogP contribution in [0.4, 0.5) is 5.82 Å². The molecule has 0 radical (unpaired) electrons. The van der Waals surface area contributed by atoms with E-state index in [1.54, 1.807) is 4.68 Å². The van der Waals surface area contributed by atoms with E-state index in [2.05, 4.69) is 28.5 Å². The third-order valence-corrected chi connectivity index (χ3v) is 4.42. The Morgan fingerprint density at radius 2 is 1.86 bits per heavy atom. The van der Waals surface area contributed by atoms with Crippen molar-refractivity contribution in [2.45, 2.75) is 26.2 Å². The second kappa shape index (κ2) is 4.98. The van der Waals surface area contributed by atoms with Crippen molar-refractivity contribution < 1.29 is 0 Å². The van der Waals surface area contributed by atoms with Gasteiger partial charge in [-0.2, -0.15) is 4.68 Å². The second-order valence-corrected chi connectivity index (χ2v) is 5.86. The Balaban J connectivity index is 1.80. The molecule has 0 unspecified atom stereocenters. The Morgan fingerprint density at radius 1 is 1.05 bits per heavy atom. The number of nitrogen functional groups attached to an aromatic ring is 1. The quantitative estimate of drug-likeness (QED) is 0.787. The third kappa shape index (κ3) is 1.99. The van der Waals surface area contributed by atoms with Crippen LogP contribution >= 0.6 is 0 Å². The molecule has 0 amide bonds. The SMILES string of the molecule is Cc1ccccc1-n1nnc(-c2ccc3c(c2)CCC3)c1N. The Bertz CT molecular complexity index is 848. The molecule has 0 spiro atoms. The van der Waals surface area contributed by atoms with Crippen molar-refractivity contribution >= 4 is 5.82 Å². The molecule has 0 saturated carbocycles. The lowest BCUT2D eigenvalue weighted by Crippen LogP contribution is -2.04. The van der Waals surface area contributed by atoms with Crippen LogP contribution < -0.4 is 5.73 Å². The Kier molecular flexibility index (Phi) is 2.96. The number of hydrogen-bond donors (Lipinski definition) is 1. The van der Waals surface area contributed by atoms with E-state index in [4.69, 9.17) is 5.73 Å². The summed E-state index contributed by atoms with van der Waals surface area (Å²) >= 11 is 0. The van der Waals surface area contributed by atoms with Crippen LogP contribution in [-0.2, 0) is 12.8 Å². The van der Waals surface area contributed by atoms with E-state index in [9.17, 15) is 0 Å². The van der Waals surface area contributed by atoms with Gasteiger partial charge in [0.05, 0.1) is 5.69 Å². The summed E-state index contributed by atoms with van der Waals surface area (Å²) in [5.74, 6) is 0.590. The molecule has 0 fully saturated rings. The van der Waals surface area contributed by atoms with Gasteiger partial charge in [0.1, 0.15) is 5.69 Å². The van der Waals surface area contributed by atoms with Crippen LogP contribution in [0.2, 0.25) is 0 Å². The maximum atomic E-state index is 6.32. The van der Waals surface area contributed by atoms with E-state index in [0.29, 0.717) is 5.82 Å². The summed E-state index contributed by atoms with van der Waals surface area (Å²) in [7, 11) is 0. The fourth-order valence-corrected chi connectivity index (χ4v) is 3.19. The molecule has 1 heterocycles. The number of fused-ring (bicyclic) bond motifs is 1. The Labute approximate surface area is 129 Å². The summed E-state index contributed by atoms with van der Waals surface area (Å²) in [5.41, 5.74) is 13.1. The van der Waals surface area contributed by atoms with E-state index in [0.717, 1.165) is 28.9 Å². The molecule has 0 atom stereocenters. The standard InChI is InChI=1S/C18H18N4/c1-12-5-2-3-8-16(12)22-18(19)17(20-21-22)15-10-9-13-6-4-7-14(13)11-15/h2-3,5,8-11H,4,6-7,19H2,1H3. The molecular weight excluding hydrogens is 272 g/mol. The number of anilines is 1. The van der Waals surface area contributed by atoms with Crippen LogP contribution in [0.25, 0.3) is 16.9 Å². The van der Waals surface area contributed by atoms with Crippen LogP contribution in [0.5, 0.6) is 0 Å². The fourth-order valence-electron chi connectivity index (χ4n) is 3.19. The molecule has 1 aromatic heterocycles. The first-order chi connectivity index (χ1) is 10.7. The van der Waals surface area contributed by atoms with Crippen LogP contribution in [0.3, 0.4) is 0 Å². The highest BCUT2D eigenvalue weighted by molar-refractivity contribution is 5.72. The fraction of sp³-hybridized carbons (Fsp3) is 0.222. The number of hydrogen-bond acceptors (Lipinski definition) is 3. The minimum atomic E-state index is 0.590. The summed E-state index contributed by atoms with van der Waals surface area (Å²) in [5, 5.41) is 8.58. The molecule has 4 nitrogen and oxygen atoms in total. The highest BCUT2D eigenvalue weighted by Crippen LogP contribution is 2.30. The molecule has 1 aliphatic carbocycles. The number of aromatic nitrogens is 3. The average Bonchev–Trinajstić information content (AvgIpc) is 3.13. The molecule has 4 heteroatoms. The first kappa shape index (κ1) is 13.1. The van der Waals surface area contributed by atoms with E-state index in [1.807, 2.05) is 31.2 Å². The maximum Gasteiger partial charge on any atom is 0.155 e. The monoisotopic (exact) mass is 290 g/mol. The normalized spacial score (nSPS) is 13.3. The molecule has 2 N–H and O–H groups in total. The lowest BCUT2D eigenvalue weighted by Gasteiger charge is -2.07. The zero-order valence-corrected chi connectivity index (χ0v) is 12.6. The number of nitrogens with two attached hydrogens (primary N) is 1. The van der Waals surface area contributed by atoms with Crippen LogP contribution in [0, 0.1) is 6.92 Å². The molecule has 22 heavy (non-hydrogen) atoms. The van der Waals surface area contributed by atoms with Crippen LogP contribution in [-0.4, -0.2) is 15.0 Å². The molecular formula is C18H18N4. The number of para-hydroxylation sites is 1. The second-order valence-electron chi connectivity index (χ2n) is 5.86. The predicted octanol–water partition coefficient (Wildman–Crippen LogP) is 3.31. The molecule has 1 aliphatic rings. The van der Waals surface area contributed by atoms with Gasteiger partial charge in [-0.05, 0) is 55.0 Å². The van der Waals surface area contributed by atoms with Crippen molar-refractivity contribution in [2.24, 2.45) is 0 Å². The topological polar surface area (TPSA) is 56.7 Å². The largest absolute Gasteiger partial charge is 0.382 e. The van der Waals surface area contributed by atoms with Gasteiger partial charge in [-0.3, -0.25) is 0 Å². The van der Waals surface area contributed by atoms with E-state index < -0.39 is 0 Å². The molecule has 0 aliphatic heterocycles. The summed E-state index contributed by atoms with van der Waals surface area (Å²) < 4.78 is 1.72. The third-order valence-electron chi connectivity index (χ3n) is 4.42. The number of rotatable bonds is 2. The lowest BCUT2D eigenvalue weighted by molar-refractivity contribution is 0.806. The zero-order chi connectivity index (χ0) is 15.1. The van der Waals surface area contributed by atoms with Crippen LogP contribution in [0.1, 0.15) is 23.1 Å². The highest BCUT2D eigenvalue weighted by Gasteiger charge is 2.17. The Morgan fingerprint density at radius 3 is 2.73 bits per heavy atom. The first-order valence-corrected chi connectivity index (χ1v) is 7.63. The summed E-state index contributed by atoms with van der Waals surface area (Å²) in [4.78, 5) is 0. The smallest absolute Gasteiger partial charge is 0.155 e. The van der Waals surface area contributed by atoms with Gasteiger partial charge in [-0.1, -0.05) is 35.5 Å². The number of aryl methyl sites for hydroxylation is 3. The molecule has 110 valence electrons. The van der Waals surface area contributed by atoms with Gasteiger partial charge in [0.15, 0.2) is 5.82 Å². The summed E-state index contributed by atoms with van der Waals surface area (Å²) in [6, 6.07) is 14.6. The Hall–Kier alpha value is -2.62. The lowest BCUT2D eigenvalue weighted by atomic mass is 10.0. The maximum absolute atomic E-state index is 6.32. The summed E-state index contributed by atoms with van der Waals surface area (Å²) in [6.45, 7) is 2.05. The van der Waals surface area contributed by atoms with Crippen molar-refractivity contribution in [3.63, 3.8) is 0 Å². The van der Waals surface area contributed by atoms with Gasteiger partial charge < -0.3 is 5.73 Å². The number of nitrogens with zero attached hydrogens (tertiary/aromatic N) is 3. The van der Waals surface area contributed by atoms with Gasteiger partial charge in [0, 0.05) is 5.56 Å². The van der Waals surface area contributed by atoms with Crippen molar-refractivity contribution in [3.05, 3.63) is 59.2 Å². The van der Waals surface area contributed by atoms with Crippen LogP contribution in [0.15, 0.2) is 42.5 Å². The highest BCUT2D eigenvalue weighted by atomic mass is 15.5. The zero-order valence-electron chi connectivity index (χ0n) is 12.6. The van der Waals surface area contributed by atoms with E-state index in [-0.39, 0.29) is 0 Å². The number of benzene rings is 2. The minimum absolute atomic E-state index is 0.590. The van der Waals surface area contributed by atoms with Crippen molar-refractivity contribution in [1.29, 1.82) is 0 Å². The van der Waals surface area contributed by atoms with Gasteiger partial charge >= 0.3 is 0 Å². The van der Waals surface area contributed by atoms with Crippen molar-refractivity contribution in [3.8, 4) is 16.9 Å². The van der Waals surface area contributed by atoms with E-state index in [1.165, 1.54) is 24.0 Å². The van der Waals surface area contributed by atoms with Gasteiger partial charge in [0.25, 0.3) is 0 Å². The first-order valence-electron chi connectivity index (χ1n) is 7.63. The molecule has 4 rings (SSSR count). The van der Waals surface area contributed by atoms with E-state index >= 15 is 0 Å². The summed E-state index contributed by atoms with van der Waals surface area (Å²) in [6.07, 6.45) is 3.57. The molecule has 3 aromatic rings. The molecule has 0 saturated heterocycles. The van der Waals surface area contributed by atoms with Crippen molar-refractivity contribution in [1.82, 2.24) is 15.0 Å². The van der Waals surface area contributed by atoms with Gasteiger partial charge in [-0.15, -0.1) is 5.10 Å². The average molecular weight is 290 g/mol. The minimum Gasteiger partial charge on any atom is -0.382 e. The van der Waals surface area contributed by atoms with Crippen molar-refractivity contribution in [2.75, 3.05) is 5.73 Å². The van der Waals surface area contributed by atoms with Gasteiger partial charge in [0.2, 0.25) is 0 Å². The molecule has 0 bridgehead atoms. The predicted molar refractivity (Wildman–Crippen MR) is 88.0 cm³/mol. The van der Waals surface area contributed by atoms with Gasteiger partial charge in [-0.25, -0.2) is 0 Å². The molecule has 2 aromatic carbocycles.